The van der Waals surface area contributed by atoms with E-state index in [4.69, 9.17) is 22.4 Å². The maximum Gasteiger partial charge on any atom is 0.227 e. The molecule has 164 valence electrons. The number of hydrogen-bond acceptors (Lipinski definition) is 7. The molecular weight excluding hydrogens is 431 g/mol. The first-order valence-electron chi connectivity index (χ1n) is 10.5. The fraction of sp³-hybridized carbons (Fsp3) is 0.273. The minimum Gasteiger partial charge on any atom is -0.366 e. The Morgan fingerprint density at radius 1 is 1.00 bits per heavy atom. The molecule has 0 atom stereocenters. The molecule has 3 aromatic heterocycles. The van der Waals surface area contributed by atoms with E-state index in [1.165, 1.54) is 12.1 Å². The molecule has 1 saturated carbocycles. The lowest BCUT2D eigenvalue weighted by Crippen LogP contribution is -2.33. The molecule has 1 aliphatic carbocycles. The highest BCUT2D eigenvalue weighted by Crippen LogP contribution is 2.24. The Morgan fingerprint density at radius 2 is 1.78 bits per heavy atom. The maximum absolute atomic E-state index is 13.3. The molecule has 0 aliphatic heterocycles. The van der Waals surface area contributed by atoms with Gasteiger partial charge in [-0.1, -0.05) is 11.6 Å². The minimum atomic E-state index is -0.477. The number of hydrogen-bond donors (Lipinski definition) is 3. The van der Waals surface area contributed by atoms with E-state index < -0.39 is 5.82 Å². The quantitative estimate of drug-likeness (QED) is 0.412. The molecule has 0 unspecified atom stereocenters. The number of nitrogens with two attached hydrogens (primary N) is 1. The molecule has 4 N–H and O–H groups in total. The smallest absolute Gasteiger partial charge is 0.227 e. The summed E-state index contributed by atoms with van der Waals surface area (Å²) >= 11 is 5.83. The lowest BCUT2D eigenvalue weighted by Gasteiger charge is -2.27. The Labute approximate surface area is 189 Å². The summed E-state index contributed by atoms with van der Waals surface area (Å²) in [5, 5.41) is 11.3. The molecule has 1 fully saturated rings. The SMILES string of the molecule is NC1CCC(Nc2ccc3ncc(-c4cnc(Nc5ccc(F)c(Cl)c5)nc4)n3n2)CC1. The second kappa shape index (κ2) is 8.68. The van der Waals surface area contributed by atoms with Crippen LogP contribution in [0.1, 0.15) is 25.7 Å². The minimum absolute atomic E-state index is 0.0314. The van der Waals surface area contributed by atoms with Gasteiger partial charge in [-0.05, 0) is 56.0 Å². The standard InChI is InChI=1S/C22H22ClFN8/c23-17-9-16(5-6-18(17)24)30-22-27-10-13(11-28-22)19-12-26-21-8-7-20(31-32(19)21)29-15-3-1-14(25)2-4-15/h5-12,14-15H,1-4,25H2,(H,29,31)(H,27,28,30). The molecule has 1 aromatic carbocycles. The van der Waals surface area contributed by atoms with E-state index in [0.717, 1.165) is 48.4 Å². The summed E-state index contributed by atoms with van der Waals surface area (Å²) in [4.78, 5) is 13.1. The van der Waals surface area contributed by atoms with Gasteiger partial charge in [0.05, 0.1) is 16.9 Å². The number of nitrogens with one attached hydrogen (secondary N) is 2. The average molecular weight is 453 g/mol. The van der Waals surface area contributed by atoms with Crippen LogP contribution in [0.25, 0.3) is 16.9 Å². The Kier molecular flexibility index (Phi) is 5.59. The van der Waals surface area contributed by atoms with Crippen LogP contribution in [0.5, 0.6) is 0 Å². The second-order valence-corrected chi connectivity index (χ2v) is 8.34. The van der Waals surface area contributed by atoms with Gasteiger partial charge in [-0.15, -0.1) is 5.10 Å². The molecule has 8 nitrogen and oxygen atoms in total. The summed E-state index contributed by atoms with van der Waals surface area (Å²) in [6.45, 7) is 0. The van der Waals surface area contributed by atoms with E-state index >= 15 is 0 Å². The van der Waals surface area contributed by atoms with Crippen molar-refractivity contribution in [2.45, 2.75) is 37.8 Å². The summed E-state index contributed by atoms with van der Waals surface area (Å²) in [6.07, 6.45) is 9.26. The van der Waals surface area contributed by atoms with Crippen LogP contribution in [0.3, 0.4) is 0 Å². The van der Waals surface area contributed by atoms with Gasteiger partial charge >= 0.3 is 0 Å². The van der Waals surface area contributed by atoms with Crippen molar-refractivity contribution in [1.82, 2.24) is 24.6 Å². The molecule has 3 heterocycles. The second-order valence-electron chi connectivity index (χ2n) is 7.94. The van der Waals surface area contributed by atoms with E-state index in [1.54, 1.807) is 29.2 Å². The highest BCUT2D eigenvalue weighted by molar-refractivity contribution is 6.31. The fourth-order valence-electron chi connectivity index (χ4n) is 3.85. The van der Waals surface area contributed by atoms with Crippen LogP contribution in [0.4, 0.5) is 21.8 Å². The molecule has 4 aromatic rings. The average Bonchev–Trinajstić information content (AvgIpc) is 3.22. The van der Waals surface area contributed by atoms with E-state index in [1.807, 2.05) is 12.1 Å². The normalized spacial score (nSPS) is 18.6. The van der Waals surface area contributed by atoms with Crippen molar-refractivity contribution in [3.8, 4) is 11.3 Å². The van der Waals surface area contributed by atoms with Crippen molar-refractivity contribution in [3.05, 3.63) is 59.8 Å². The molecule has 0 amide bonds. The van der Waals surface area contributed by atoms with Gasteiger partial charge < -0.3 is 16.4 Å². The Hall–Kier alpha value is -3.30. The summed E-state index contributed by atoms with van der Waals surface area (Å²) in [7, 11) is 0. The fourth-order valence-corrected chi connectivity index (χ4v) is 4.03. The number of benzene rings is 1. The highest BCUT2D eigenvalue weighted by atomic mass is 35.5. The van der Waals surface area contributed by atoms with Crippen molar-refractivity contribution in [3.63, 3.8) is 0 Å². The first kappa shape index (κ1) is 20.6. The molecule has 0 saturated heterocycles. The molecular formula is C22H22ClFN8. The third-order valence-corrected chi connectivity index (χ3v) is 5.90. The summed E-state index contributed by atoms with van der Waals surface area (Å²) in [5.41, 5.74) is 8.90. The predicted molar refractivity (Wildman–Crippen MR) is 123 cm³/mol. The zero-order valence-corrected chi connectivity index (χ0v) is 17.9. The summed E-state index contributed by atoms with van der Waals surface area (Å²) in [6, 6.07) is 8.90. The largest absolute Gasteiger partial charge is 0.366 e. The van der Waals surface area contributed by atoms with Gasteiger partial charge in [0, 0.05) is 35.7 Å². The number of fused-ring (bicyclic) bond motifs is 1. The molecule has 32 heavy (non-hydrogen) atoms. The van der Waals surface area contributed by atoms with Gasteiger partial charge in [0.25, 0.3) is 0 Å². The Bertz CT molecular complexity index is 1230. The number of halogens is 2. The van der Waals surface area contributed by atoms with Crippen LogP contribution >= 0.6 is 11.6 Å². The van der Waals surface area contributed by atoms with Gasteiger partial charge in [0.1, 0.15) is 11.6 Å². The van der Waals surface area contributed by atoms with Crippen molar-refractivity contribution >= 4 is 34.7 Å². The first-order chi connectivity index (χ1) is 15.5. The molecule has 1 aliphatic rings. The number of rotatable bonds is 5. The van der Waals surface area contributed by atoms with Crippen LogP contribution in [-0.2, 0) is 0 Å². The van der Waals surface area contributed by atoms with Crippen molar-refractivity contribution in [2.24, 2.45) is 5.73 Å². The zero-order valence-electron chi connectivity index (χ0n) is 17.2. The predicted octanol–water partition coefficient (Wildman–Crippen LogP) is 4.40. The van der Waals surface area contributed by atoms with E-state index in [2.05, 4.69) is 25.6 Å². The number of aromatic nitrogens is 5. The molecule has 5 rings (SSSR count). The number of imidazole rings is 1. The Balaban J connectivity index is 1.35. The first-order valence-corrected chi connectivity index (χ1v) is 10.8. The highest BCUT2D eigenvalue weighted by Gasteiger charge is 2.19. The topological polar surface area (TPSA) is 106 Å². The third kappa shape index (κ3) is 4.35. The lowest BCUT2D eigenvalue weighted by molar-refractivity contribution is 0.410. The van der Waals surface area contributed by atoms with Crippen molar-refractivity contribution in [2.75, 3.05) is 10.6 Å². The molecule has 0 spiro atoms. The lowest BCUT2D eigenvalue weighted by atomic mass is 9.92. The zero-order chi connectivity index (χ0) is 22.1. The van der Waals surface area contributed by atoms with Crippen LogP contribution in [0.15, 0.2) is 48.9 Å². The summed E-state index contributed by atoms with van der Waals surface area (Å²) < 4.78 is 15.1. The Morgan fingerprint density at radius 3 is 2.53 bits per heavy atom. The van der Waals surface area contributed by atoms with Crippen molar-refractivity contribution in [1.29, 1.82) is 0 Å². The van der Waals surface area contributed by atoms with E-state index in [-0.39, 0.29) is 5.02 Å². The van der Waals surface area contributed by atoms with Gasteiger partial charge in [-0.3, -0.25) is 0 Å². The van der Waals surface area contributed by atoms with Crippen LogP contribution in [-0.4, -0.2) is 36.6 Å². The monoisotopic (exact) mass is 452 g/mol. The van der Waals surface area contributed by atoms with Gasteiger partial charge in [-0.25, -0.2) is 23.9 Å². The van der Waals surface area contributed by atoms with E-state index in [0.29, 0.717) is 23.7 Å². The maximum atomic E-state index is 13.3. The van der Waals surface area contributed by atoms with Crippen LogP contribution in [0.2, 0.25) is 5.02 Å². The van der Waals surface area contributed by atoms with Gasteiger partial charge in [0.15, 0.2) is 5.65 Å². The number of nitrogens with zero attached hydrogens (tertiary/aromatic N) is 5. The number of anilines is 3. The molecule has 0 radical (unpaired) electrons. The molecule has 10 heteroatoms. The molecule has 0 bridgehead atoms. The van der Waals surface area contributed by atoms with Gasteiger partial charge in [0.2, 0.25) is 5.95 Å². The van der Waals surface area contributed by atoms with Crippen molar-refractivity contribution < 1.29 is 4.39 Å². The van der Waals surface area contributed by atoms with Crippen LogP contribution in [0, 0.1) is 5.82 Å². The third-order valence-electron chi connectivity index (χ3n) is 5.61. The summed E-state index contributed by atoms with van der Waals surface area (Å²) in [5.74, 6) is 0.690. The van der Waals surface area contributed by atoms with Gasteiger partial charge in [-0.2, -0.15) is 0 Å². The van der Waals surface area contributed by atoms with Crippen LogP contribution < -0.4 is 16.4 Å². The van der Waals surface area contributed by atoms with E-state index in [9.17, 15) is 4.39 Å².